The van der Waals surface area contributed by atoms with Gasteiger partial charge in [-0.25, -0.2) is 0 Å². The molecule has 1 amide bonds. The number of aldehydes is 1. The summed E-state index contributed by atoms with van der Waals surface area (Å²) in [6.07, 6.45) is 2.68. The molecule has 1 aliphatic rings. The SMILES string of the molecule is CCCCOc1nc(N)c2c(n1)N(Cc1cccc(C=O)c1)CC(=O)N2. The van der Waals surface area contributed by atoms with Crippen molar-refractivity contribution in [2.75, 3.05) is 29.1 Å². The number of hydrogen-bond donors (Lipinski definition) is 2. The highest BCUT2D eigenvalue weighted by molar-refractivity contribution is 6.03. The second-order valence-corrected chi connectivity index (χ2v) is 6.06. The predicted octanol–water partition coefficient (Wildman–Crippen LogP) is 2.01. The number of nitrogen functional groups attached to an aromatic ring is 1. The van der Waals surface area contributed by atoms with Gasteiger partial charge in [0.1, 0.15) is 12.0 Å². The first kappa shape index (κ1) is 17.7. The monoisotopic (exact) mass is 355 g/mol. The van der Waals surface area contributed by atoms with Gasteiger partial charge in [0.15, 0.2) is 11.6 Å². The first-order chi connectivity index (χ1) is 12.6. The van der Waals surface area contributed by atoms with E-state index in [1.807, 2.05) is 6.07 Å². The molecule has 0 spiro atoms. The molecule has 1 aromatic carbocycles. The lowest BCUT2D eigenvalue weighted by atomic mass is 10.1. The van der Waals surface area contributed by atoms with Crippen molar-refractivity contribution in [2.24, 2.45) is 0 Å². The first-order valence-electron chi connectivity index (χ1n) is 8.50. The zero-order chi connectivity index (χ0) is 18.5. The zero-order valence-electron chi connectivity index (χ0n) is 14.6. The highest BCUT2D eigenvalue weighted by atomic mass is 16.5. The summed E-state index contributed by atoms with van der Waals surface area (Å²) in [6.45, 7) is 3.11. The fourth-order valence-electron chi connectivity index (χ4n) is 2.71. The Morgan fingerprint density at radius 2 is 2.23 bits per heavy atom. The molecule has 0 fully saturated rings. The number of fused-ring (bicyclic) bond motifs is 1. The summed E-state index contributed by atoms with van der Waals surface area (Å²) in [5, 5.41) is 2.72. The number of nitrogens with zero attached hydrogens (tertiary/aromatic N) is 3. The lowest BCUT2D eigenvalue weighted by Crippen LogP contribution is -2.39. The van der Waals surface area contributed by atoms with Gasteiger partial charge in [-0.2, -0.15) is 9.97 Å². The molecule has 2 heterocycles. The molecule has 0 bridgehead atoms. The van der Waals surface area contributed by atoms with Crippen molar-refractivity contribution in [3.05, 3.63) is 35.4 Å². The maximum Gasteiger partial charge on any atom is 0.320 e. The number of rotatable bonds is 7. The van der Waals surface area contributed by atoms with E-state index < -0.39 is 0 Å². The van der Waals surface area contributed by atoms with E-state index in [0.29, 0.717) is 30.2 Å². The maximum absolute atomic E-state index is 12.0. The molecule has 0 radical (unpaired) electrons. The van der Waals surface area contributed by atoms with E-state index in [0.717, 1.165) is 24.7 Å². The van der Waals surface area contributed by atoms with Crippen molar-refractivity contribution < 1.29 is 14.3 Å². The zero-order valence-corrected chi connectivity index (χ0v) is 14.6. The molecule has 0 unspecified atom stereocenters. The van der Waals surface area contributed by atoms with Crippen LogP contribution >= 0.6 is 0 Å². The van der Waals surface area contributed by atoms with Crippen LogP contribution in [-0.4, -0.2) is 35.3 Å². The molecule has 8 nitrogen and oxygen atoms in total. The molecule has 26 heavy (non-hydrogen) atoms. The number of unbranched alkanes of at least 4 members (excludes halogenated alkanes) is 1. The van der Waals surface area contributed by atoms with Gasteiger partial charge in [0.25, 0.3) is 0 Å². The van der Waals surface area contributed by atoms with Crippen LogP contribution < -0.4 is 20.7 Å². The number of carbonyl (C=O) groups excluding carboxylic acids is 2. The quantitative estimate of drug-likeness (QED) is 0.577. The molecule has 2 aromatic rings. The average Bonchev–Trinajstić information content (AvgIpc) is 2.63. The van der Waals surface area contributed by atoms with Gasteiger partial charge in [0, 0.05) is 12.1 Å². The van der Waals surface area contributed by atoms with Crippen LogP contribution in [0.25, 0.3) is 0 Å². The molecule has 1 aromatic heterocycles. The van der Waals surface area contributed by atoms with E-state index in [2.05, 4.69) is 22.2 Å². The van der Waals surface area contributed by atoms with E-state index in [-0.39, 0.29) is 24.3 Å². The summed E-state index contributed by atoms with van der Waals surface area (Å²) in [6, 6.07) is 7.40. The van der Waals surface area contributed by atoms with Gasteiger partial charge < -0.3 is 20.7 Å². The van der Waals surface area contributed by atoms with E-state index in [9.17, 15) is 9.59 Å². The number of nitrogens with one attached hydrogen (secondary N) is 1. The normalized spacial score (nSPS) is 13.1. The number of anilines is 3. The lowest BCUT2D eigenvalue weighted by Gasteiger charge is -2.30. The third-order valence-corrected chi connectivity index (χ3v) is 3.99. The molecule has 3 rings (SSSR count). The summed E-state index contributed by atoms with van der Waals surface area (Å²) in [5.74, 6) is 0.486. The molecule has 1 aliphatic heterocycles. The Morgan fingerprint density at radius 1 is 1.38 bits per heavy atom. The largest absolute Gasteiger partial charge is 0.463 e. The summed E-state index contributed by atoms with van der Waals surface area (Å²) in [5.41, 5.74) is 7.84. The predicted molar refractivity (Wildman–Crippen MR) is 98.4 cm³/mol. The maximum atomic E-state index is 12.0. The van der Waals surface area contributed by atoms with Gasteiger partial charge >= 0.3 is 6.01 Å². The summed E-state index contributed by atoms with van der Waals surface area (Å²) >= 11 is 0. The summed E-state index contributed by atoms with van der Waals surface area (Å²) in [4.78, 5) is 33.4. The fourth-order valence-corrected chi connectivity index (χ4v) is 2.71. The fraction of sp³-hybridized carbons (Fsp3) is 0.333. The molecule has 0 saturated heterocycles. The Bertz CT molecular complexity index is 824. The van der Waals surface area contributed by atoms with Crippen LogP contribution in [0, 0.1) is 0 Å². The van der Waals surface area contributed by atoms with Gasteiger partial charge in [-0.3, -0.25) is 9.59 Å². The average molecular weight is 355 g/mol. The van der Waals surface area contributed by atoms with Crippen LogP contribution in [0.4, 0.5) is 17.3 Å². The van der Waals surface area contributed by atoms with E-state index in [1.165, 1.54) is 0 Å². The van der Waals surface area contributed by atoms with Crippen molar-refractivity contribution >= 4 is 29.5 Å². The van der Waals surface area contributed by atoms with Crippen LogP contribution in [-0.2, 0) is 11.3 Å². The molecule has 3 N–H and O–H groups in total. The van der Waals surface area contributed by atoms with Gasteiger partial charge in [0.05, 0.1) is 13.2 Å². The Labute approximate surface area is 151 Å². The minimum Gasteiger partial charge on any atom is -0.463 e. The topological polar surface area (TPSA) is 110 Å². The van der Waals surface area contributed by atoms with Crippen LogP contribution in [0.2, 0.25) is 0 Å². The minimum absolute atomic E-state index is 0.128. The minimum atomic E-state index is -0.195. The molecule has 8 heteroatoms. The Morgan fingerprint density at radius 3 is 3.00 bits per heavy atom. The number of carbonyl (C=O) groups is 2. The van der Waals surface area contributed by atoms with Crippen molar-refractivity contribution in [2.45, 2.75) is 26.3 Å². The van der Waals surface area contributed by atoms with E-state index in [1.54, 1.807) is 23.1 Å². The Hall–Kier alpha value is -3.16. The number of amides is 1. The highest BCUT2D eigenvalue weighted by Gasteiger charge is 2.27. The van der Waals surface area contributed by atoms with E-state index in [4.69, 9.17) is 10.5 Å². The molecule has 0 saturated carbocycles. The van der Waals surface area contributed by atoms with E-state index >= 15 is 0 Å². The second-order valence-electron chi connectivity index (χ2n) is 6.06. The van der Waals surface area contributed by atoms with Crippen LogP contribution in [0.1, 0.15) is 35.7 Å². The Balaban J connectivity index is 1.90. The summed E-state index contributed by atoms with van der Waals surface area (Å²) in [7, 11) is 0. The first-order valence-corrected chi connectivity index (χ1v) is 8.50. The molecular weight excluding hydrogens is 334 g/mol. The third-order valence-electron chi connectivity index (χ3n) is 3.99. The smallest absolute Gasteiger partial charge is 0.320 e. The molecule has 136 valence electrons. The number of ether oxygens (including phenoxy) is 1. The van der Waals surface area contributed by atoms with Crippen LogP contribution in [0.15, 0.2) is 24.3 Å². The Kier molecular flexibility index (Phi) is 5.31. The van der Waals surface area contributed by atoms with Crippen molar-refractivity contribution in [3.63, 3.8) is 0 Å². The number of hydrogen-bond acceptors (Lipinski definition) is 7. The second kappa shape index (κ2) is 7.81. The highest BCUT2D eigenvalue weighted by Crippen LogP contribution is 2.34. The standard InChI is InChI=1S/C18H21N5O3/c1-2-3-7-26-18-21-16(19)15-17(22-18)23(10-14(25)20-15)9-12-5-4-6-13(8-12)11-24/h4-6,8,11H,2-3,7,9-10H2,1H3,(H,20,25)(H2,19,21,22). The third kappa shape index (κ3) is 3.90. The van der Waals surface area contributed by atoms with Crippen molar-refractivity contribution in [3.8, 4) is 6.01 Å². The van der Waals surface area contributed by atoms with Crippen LogP contribution in [0.3, 0.4) is 0 Å². The molecular formula is C18H21N5O3. The summed E-state index contributed by atoms with van der Waals surface area (Å²) < 4.78 is 5.57. The molecule has 0 atom stereocenters. The van der Waals surface area contributed by atoms with Gasteiger partial charge in [0.2, 0.25) is 5.91 Å². The lowest BCUT2D eigenvalue weighted by molar-refractivity contribution is -0.115. The molecule has 0 aliphatic carbocycles. The van der Waals surface area contributed by atoms with Gasteiger partial charge in [-0.05, 0) is 18.1 Å². The van der Waals surface area contributed by atoms with Gasteiger partial charge in [-0.15, -0.1) is 0 Å². The van der Waals surface area contributed by atoms with Crippen molar-refractivity contribution in [1.82, 2.24) is 9.97 Å². The van der Waals surface area contributed by atoms with Crippen LogP contribution in [0.5, 0.6) is 6.01 Å². The van der Waals surface area contributed by atoms with Gasteiger partial charge in [-0.1, -0.05) is 31.5 Å². The number of nitrogens with two attached hydrogens (primary N) is 1. The van der Waals surface area contributed by atoms with Crippen molar-refractivity contribution in [1.29, 1.82) is 0 Å². The number of aromatic nitrogens is 2. The number of benzene rings is 1.